The minimum absolute atomic E-state index is 0. The van der Waals surface area contributed by atoms with Gasteiger partial charge in [-0.3, -0.25) is 9.56 Å². The summed E-state index contributed by atoms with van der Waals surface area (Å²) in [6.07, 6.45) is -5.94. The lowest BCUT2D eigenvalue weighted by Crippen LogP contribution is -2.62. The lowest BCUT2D eigenvalue weighted by atomic mass is 9.98. The number of esters is 4. The van der Waals surface area contributed by atoms with Gasteiger partial charge in [0.1, 0.15) is 12.7 Å². The lowest BCUT2D eigenvalue weighted by Gasteiger charge is -2.44. The monoisotopic (exact) mass is 1010 g/mol. The summed E-state index contributed by atoms with van der Waals surface area (Å²) in [4.78, 5) is 72.7. The predicted molar refractivity (Wildman–Crippen MR) is 273 cm³/mol. The van der Waals surface area contributed by atoms with Crippen molar-refractivity contribution in [3.8, 4) is 5.69 Å². The van der Waals surface area contributed by atoms with E-state index >= 15 is 0 Å². The first-order valence-electron chi connectivity index (χ1n) is 22.5. The molecule has 1 saturated heterocycles. The summed E-state index contributed by atoms with van der Waals surface area (Å²) >= 11 is 2.33. The molecule has 5 atom stereocenters. The predicted octanol–water partition coefficient (Wildman–Crippen LogP) is 10.3. The van der Waals surface area contributed by atoms with Gasteiger partial charge in [-0.25, -0.2) is 24.2 Å². The van der Waals surface area contributed by atoms with E-state index in [1.54, 1.807) is 121 Å². The first kappa shape index (κ1) is 51.7. The quantitative estimate of drug-likeness (QED) is 0.0800. The first-order chi connectivity index (χ1) is 33.8. The number of nitrogens with zero attached hydrogens (tertiary/aromatic N) is 4. The molecule has 1 aromatic heterocycles. The summed E-state index contributed by atoms with van der Waals surface area (Å²) in [6.45, 7) is 9.43. The number of halogens is 1. The smallest absolute Gasteiger partial charge is 0.338 e. The summed E-state index contributed by atoms with van der Waals surface area (Å²) in [7, 11) is 0. The summed E-state index contributed by atoms with van der Waals surface area (Å²) in [5, 5.41) is 0.303. The van der Waals surface area contributed by atoms with Crippen LogP contribution in [0, 0.1) is 13.8 Å². The van der Waals surface area contributed by atoms with Crippen molar-refractivity contribution in [1.29, 1.82) is 0 Å². The molecular formula is C55H51ClN4O9S2. The maximum atomic E-state index is 14.4. The van der Waals surface area contributed by atoms with E-state index in [9.17, 15) is 19.2 Å². The zero-order chi connectivity index (χ0) is 49.2. The van der Waals surface area contributed by atoms with Gasteiger partial charge in [-0.15, -0.1) is 12.4 Å². The molecule has 0 bridgehead atoms. The number of aryl methyl sites for hydroxylation is 2. The Morgan fingerprint density at radius 2 is 1.11 bits per heavy atom. The van der Waals surface area contributed by atoms with E-state index in [4.69, 9.17) is 38.7 Å². The lowest BCUT2D eigenvalue weighted by molar-refractivity contribution is -0.207. The summed E-state index contributed by atoms with van der Waals surface area (Å²) < 4.78 is 33.9. The minimum Gasteiger partial charge on any atom is -0.459 e. The Kier molecular flexibility index (Phi) is 17.2. The van der Waals surface area contributed by atoms with Crippen LogP contribution in [0.15, 0.2) is 185 Å². The Bertz CT molecular complexity index is 3100. The molecule has 13 nitrogen and oxygen atoms in total. The minimum atomic E-state index is -1.57. The van der Waals surface area contributed by atoms with Crippen molar-refractivity contribution >= 4 is 65.1 Å². The standard InChI is InChI=1S/C55H50N4O9S2.ClH/c1-35-29-31-41(32-30-35)56-52-57-53(59(42-28-18-19-36(2)33-42)54(70-52)58-55(3,4)5)69-51-46(68-50(63)40-26-16-9-17-27-40)45(67-49(62)39-24-14-8-15-25-39)44(66-48(61)38-22-12-7-13-23-38)43(65-51)34-64-47(60)37-20-10-6-11-21-37;/h6-33,43-46,51H,34H2,1-5H3;1H/t43-,44-,45+,46-,51?;/m1./s1. The van der Waals surface area contributed by atoms with Gasteiger partial charge in [-0.05, 0) is 113 Å². The highest BCUT2D eigenvalue weighted by Crippen LogP contribution is 2.38. The molecular weight excluding hydrogens is 960 g/mol. The average Bonchev–Trinajstić information content (AvgIpc) is 3.36. The van der Waals surface area contributed by atoms with Crippen LogP contribution in [0.4, 0.5) is 5.69 Å². The molecule has 7 aromatic rings. The van der Waals surface area contributed by atoms with Crippen LogP contribution in [-0.4, -0.2) is 75.4 Å². The van der Waals surface area contributed by atoms with Gasteiger partial charge in [-0.1, -0.05) is 126 Å². The van der Waals surface area contributed by atoms with Gasteiger partial charge in [0.15, 0.2) is 33.7 Å². The Morgan fingerprint density at radius 1 is 0.620 bits per heavy atom. The molecule has 0 radical (unpaired) electrons. The third-order valence-electron chi connectivity index (χ3n) is 10.7. The van der Waals surface area contributed by atoms with Gasteiger partial charge < -0.3 is 23.7 Å². The maximum absolute atomic E-state index is 14.4. The number of aromatic nitrogens is 2. The van der Waals surface area contributed by atoms with Gasteiger partial charge in [0.05, 0.1) is 39.2 Å². The van der Waals surface area contributed by atoms with Crippen LogP contribution in [0.5, 0.6) is 0 Å². The fraction of sp³-hybridized carbons (Fsp3) is 0.218. The molecule has 0 aliphatic carbocycles. The van der Waals surface area contributed by atoms with Crippen LogP contribution >= 0.6 is 35.5 Å². The molecule has 1 aliphatic rings. The normalized spacial score (nSPS) is 18.1. The number of rotatable bonds is 13. The van der Waals surface area contributed by atoms with E-state index in [-0.39, 0.29) is 34.7 Å². The van der Waals surface area contributed by atoms with Crippen LogP contribution < -0.4 is 9.60 Å². The van der Waals surface area contributed by atoms with Crippen molar-refractivity contribution in [3.63, 3.8) is 0 Å². The third-order valence-corrected chi connectivity index (χ3v) is 12.6. The number of thioether (sulfide) groups is 1. The van der Waals surface area contributed by atoms with E-state index in [2.05, 4.69) is 0 Å². The third kappa shape index (κ3) is 13.6. The average molecular weight is 1010 g/mol. The zero-order valence-corrected chi connectivity index (χ0v) is 41.9. The highest BCUT2D eigenvalue weighted by Gasteiger charge is 2.54. The molecule has 71 heavy (non-hydrogen) atoms. The van der Waals surface area contributed by atoms with Crippen molar-refractivity contribution in [2.24, 2.45) is 9.98 Å². The summed E-state index contributed by atoms with van der Waals surface area (Å²) in [6, 6.07) is 48.7. The molecule has 0 spiro atoms. The van der Waals surface area contributed by atoms with Crippen molar-refractivity contribution in [2.45, 2.75) is 75.2 Å². The van der Waals surface area contributed by atoms with E-state index < -0.39 is 65.9 Å². The number of ether oxygens (including phenoxy) is 5. The van der Waals surface area contributed by atoms with Crippen molar-refractivity contribution < 1.29 is 42.9 Å². The van der Waals surface area contributed by atoms with Crippen molar-refractivity contribution in [2.75, 3.05) is 6.61 Å². The van der Waals surface area contributed by atoms with E-state index in [1.165, 1.54) is 11.3 Å². The highest BCUT2D eigenvalue weighted by molar-refractivity contribution is 7.99. The van der Waals surface area contributed by atoms with Crippen LogP contribution in [0.3, 0.4) is 0 Å². The Balaban J connectivity index is 0.00000741. The first-order valence-corrected chi connectivity index (χ1v) is 24.2. The second-order valence-electron chi connectivity index (χ2n) is 17.3. The molecule has 8 rings (SSSR count). The maximum Gasteiger partial charge on any atom is 0.338 e. The molecule has 364 valence electrons. The Labute approximate surface area is 425 Å². The molecule has 0 saturated carbocycles. The number of carbonyl (C=O) groups is 4. The summed E-state index contributed by atoms with van der Waals surface area (Å²) in [5.41, 5.74) is 2.30. The van der Waals surface area contributed by atoms with Gasteiger partial charge >= 0.3 is 23.9 Å². The largest absolute Gasteiger partial charge is 0.459 e. The molecule has 2 heterocycles. The second-order valence-corrected chi connectivity index (χ2v) is 19.3. The fourth-order valence-corrected chi connectivity index (χ4v) is 9.65. The molecule has 16 heteroatoms. The van der Waals surface area contributed by atoms with Crippen molar-refractivity contribution in [1.82, 2.24) is 9.55 Å². The highest BCUT2D eigenvalue weighted by atomic mass is 35.5. The number of benzene rings is 6. The number of hydrogen-bond donors (Lipinski definition) is 0. The molecule has 0 amide bonds. The Morgan fingerprint density at radius 3 is 1.62 bits per heavy atom. The van der Waals surface area contributed by atoms with Crippen molar-refractivity contribution in [3.05, 3.63) is 213 Å². The van der Waals surface area contributed by atoms with E-state index in [0.717, 1.165) is 22.9 Å². The van der Waals surface area contributed by atoms with E-state index in [0.29, 0.717) is 26.1 Å². The fourth-order valence-electron chi connectivity index (χ4n) is 7.29. The number of carbonyl (C=O) groups excluding carboxylic acids is 4. The van der Waals surface area contributed by atoms with Crippen LogP contribution in [0.25, 0.3) is 5.69 Å². The van der Waals surface area contributed by atoms with Crippen LogP contribution in [0.1, 0.15) is 73.3 Å². The molecule has 1 fully saturated rings. The SMILES string of the molecule is Cc1ccc(N=c2nc(SC3O[C@H](COC(=O)c4ccccc4)[C@@H](OC(=O)c4ccccc4)[C@H](OC(=O)c4ccccc4)[C@H]3OC(=O)c3ccccc3)n(-c3cccc(C)c3)c(=NC(C)(C)C)s2)cc1.Cl. The molecule has 1 unspecified atom stereocenters. The topological polar surface area (TPSA) is 157 Å². The van der Waals surface area contributed by atoms with Crippen LogP contribution in [-0.2, 0) is 23.7 Å². The number of hydrogen-bond acceptors (Lipinski definition) is 14. The molecule has 1 aliphatic heterocycles. The second kappa shape index (κ2) is 23.6. The molecule has 6 aromatic carbocycles. The Hall–Kier alpha value is -7.17. The van der Waals surface area contributed by atoms with E-state index in [1.807, 2.05) is 87.7 Å². The van der Waals surface area contributed by atoms with Gasteiger partial charge in [0, 0.05) is 0 Å². The summed E-state index contributed by atoms with van der Waals surface area (Å²) in [5.74, 6) is -3.07. The molecule has 0 N–H and O–H groups in total. The van der Waals surface area contributed by atoms with Crippen LogP contribution in [0.2, 0.25) is 0 Å². The van der Waals surface area contributed by atoms with Gasteiger partial charge in [0.2, 0.25) is 4.80 Å². The van der Waals surface area contributed by atoms with Gasteiger partial charge in [0.25, 0.3) is 0 Å². The zero-order valence-electron chi connectivity index (χ0n) is 39.4. The van der Waals surface area contributed by atoms with Gasteiger partial charge in [-0.2, -0.15) is 4.98 Å².